The zero-order chi connectivity index (χ0) is 24.3. The fraction of sp³-hybridized carbons (Fsp3) is 0.258. The molecule has 4 aromatic carbocycles. The van der Waals surface area contributed by atoms with E-state index in [1.54, 1.807) is 0 Å². The van der Waals surface area contributed by atoms with Crippen LogP contribution in [0, 0.1) is 0 Å². The van der Waals surface area contributed by atoms with E-state index >= 15 is 0 Å². The van der Waals surface area contributed by atoms with E-state index in [4.69, 9.17) is 14.5 Å². The highest BCUT2D eigenvalue weighted by Gasteiger charge is 2.14. The van der Waals surface area contributed by atoms with Crippen LogP contribution in [0.4, 0.5) is 0 Å². The van der Waals surface area contributed by atoms with Gasteiger partial charge in [-0.1, -0.05) is 75.4 Å². The molecular weight excluding hydrogens is 432 g/mol. The van der Waals surface area contributed by atoms with Gasteiger partial charge in [0, 0.05) is 6.54 Å². The number of fused-ring (bicyclic) bond motifs is 2. The van der Waals surface area contributed by atoms with E-state index in [1.807, 2.05) is 24.3 Å². The summed E-state index contributed by atoms with van der Waals surface area (Å²) in [6.07, 6.45) is 0.875. The first-order valence-corrected chi connectivity index (χ1v) is 12.3. The molecule has 0 unspecified atom stereocenters. The number of para-hydroxylation sites is 2. The van der Waals surface area contributed by atoms with Crippen molar-refractivity contribution in [2.24, 2.45) is 0 Å². The van der Waals surface area contributed by atoms with E-state index < -0.39 is 0 Å². The molecule has 178 valence electrons. The molecule has 35 heavy (non-hydrogen) atoms. The predicted molar refractivity (Wildman–Crippen MR) is 143 cm³/mol. The Balaban J connectivity index is 1.25. The lowest BCUT2D eigenvalue weighted by Crippen LogP contribution is -2.11. The smallest absolute Gasteiger partial charge is 0.147 e. The Morgan fingerprint density at radius 2 is 1.46 bits per heavy atom. The molecule has 4 nitrogen and oxygen atoms in total. The molecule has 0 saturated heterocycles. The van der Waals surface area contributed by atoms with Gasteiger partial charge >= 0.3 is 0 Å². The molecule has 5 rings (SSSR count). The van der Waals surface area contributed by atoms with Gasteiger partial charge in [-0.2, -0.15) is 0 Å². The van der Waals surface area contributed by atoms with E-state index in [0.29, 0.717) is 13.2 Å². The number of aryl methyl sites for hydroxylation is 1. The van der Waals surface area contributed by atoms with Crippen molar-refractivity contribution in [2.45, 2.75) is 45.8 Å². The molecule has 0 aliphatic carbocycles. The molecule has 0 spiro atoms. The van der Waals surface area contributed by atoms with E-state index in [2.05, 4.69) is 92.1 Å². The monoisotopic (exact) mass is 464 g/mol. The van der Waals surface area contributed by atoms with Crippen LogP contribution in [0.2, 0.25) is 0 Å². The van der Waals surface area contributed by atoms with Crippen molar-refractivity contribution < 1.29 is 9.47 Å². The van der Waals surface area contributed by atoms with E-state index in [1.165, 1.54) is 16.3 Å². The lowest BCUT2D eigenvalue weighted by atomic mass is 9.87. The number of rotatable bonds is 8. The number of imidazole rings is 1. The summed E-state index contributed by atoms with van der Waals surface area (Å²) < 4.78 is 14.5. The zero-order valence-corrected chi connectivity index (χ0v) is 20.7. The van der Waals surface area contributed by atoms with Crippen LogP contribution in [-0.2, 0) is 18.6 Å². The van der Waals surface area contributed by atoms with Crippen LogP contribution in [0.3, 0.4) is 0 Å². The minimum atomic E-state index is 0.126. The molecule has 0 saturated carbocycles. The normalized spacial score (nSPS) is 11.7. The summed E-state index contributed by atoms with van der Waals surface area (Å²) in [6.45, 7) is 8.53. The molecule has 0 atom stereocenters. The van der Waals surface area contributed by atoms with Crippen molar-refractivity contribution in [2.75, 3.05) is 6.61 Å². The molecule has 0 N–H and O–H groups in total. The van der Waals surface area contributed by atoms with Gasteiger partial charge in [-0.25, -0.2) is 4.98 Å². The Hall–Kier alpha value is -3.79. The first-order valence-electron chi connectivity index (χ1n) is 12.3. The van der Waals surface area contributed by atoms with Gasteiger partial charge in [0.1, 0.15) is 23.9 Å². The number of hydrogen-bond donors (Lipinski definition) is 0. The first-order chi connectivity index (χ1) is 17.0. The fourth-order valence-corrected chi connectivity index (χ4v) is 4.35. The second kappa shape index (κ2) is 9.83. The second-order valence-electron chi connectivity index (χ2n) is 9.94. The highest BCUT2D eigenvalue weighted by atomic mass is 16.5. The maximum absolute atomic E-state index is 6.13. The van der Waals surface area contributed by atoms with Crippen molar-refractivity contribution in [3.8, 4) is 11.5 Å². The molecular formula is C31H32N2O2. The van der Waals surface area contributed by atoms with Gasteiger partial charge in [-0.3, -0.25) is 0 Å². The molecule has 5 aromatic rings. The van der Waals surface area contributed by atoms with Gasteiger partial charge in [-0.15, -0.1) is 0 Å². The first kappa shape index (κ1) is 23.0. The zero-order valence-electron chi connectivity index (χ0n) is 20.7. The summed E-state index contributed by atoms with van der Waals surface area (Å²) in [5, 5.41) is 2.42. The number of ether oxygens (including phenoxy) is 2. The van der Waals surface area contributed by atoms with Crippen LogP contribution in [0.15, 0.2) is 91.0 Å². The van der Waals surface area contributed by atoms with Gasteiger partial charge in [0.25, 0.3) is 0 Å². The van der Waals surface area contributed by atoms with Crippen molar-refractivity contribution in [1.29, 1.82) is 0 Å². The Bertz CT molecular complexity index is 1430. The molecule has 0 amide bonds. The molecule has 4 heteroatoms. The molecule has 0 bridgehead atoms. The highest BCUT2D eigenvalue weighted by molar-refractivity contribution is 5.83. The Kier molecular flexibility index (Phi) is 6.45. The van der Waals surface area contributed by atoms with Crippen LogP contribution in [0.25, 0.3) is 21.8 Å². The van der Waals surface area contributed by atoms with E-state index in [-0.39, 0.29) is 5.41 Å². The quantitative estimate of drug-likeness (QED) is 0.223. The summed E-state index contributed by atoms with van der Waals surface area (Å²) in [5.41, 5.74) is 3.54. The molecule has 0 fully saturated rings. The van der Waals surface area contributed by atoms with Gasteiger partial charge in [0.15, 0.2) is 0 Å². The van der Waals surface area contributed by atoms with Crippen LogP contribution in [-0.4, -0.2) is 16.2 Å². The Morgan fingerprint density at radius 3 is 2.26 bits per heavy atom. The van der Waals surface area contributed by atoms with Crippen LogP contribution in [0.5, 0.6) is 11.5 Å². The average Bonchev–Trinajstić information content (AvgIpc) is 3.22. The number of hydrogen-bond acceptors (Lipinski definition) is 3. The van der Waals surface area contributed by atoms with Crippen molar-refractivity contribution in [1.82, 2.24) is 9.55 Å². The summed E-state index contributed by atoms with van der Waals surface area (Å²) in [6, 6.07) is 31.2. The number of benzene rings is 4. The minimum Gasteiger partial charge on any atom is -0.494 e. The van der Waals surface area contributed by atoms with E-state index in [0.717, 1.165) is 41.3 Å². The van der Waals surface area contributed by atoms with Gasteiger partial charge in [0.05, 0.1) is 17.6 Å². The Labute approximate surface area is 207 Å². The third kappa shape index (κ3) is 5.32. The summed E-state index contributed by atoms with van der Waals surface area (Å²) in [5.74, 6) is 2.69. The van der Waals surface area contributed by atoms with Crippen molar-refractivity contribution in [3.63, 3.8) is 0 Å². The molecule has 0 aliphatic rings. The van der Waals surface area contributed by atoms with Crippen LogP contribution >= 0.6 is 0 Å². The standard InChI is InChI=1S/C31H32N2O2/c1-31(2,3)25-14-17-26(18-15-25)35-22-30-32-28-11-6-7-12-29(28)33(30)19-8-20-34-27-16-13-23-9-4-5-10-24(23)21-27/h4-7,9-18,21H,8,19-20,22H2,1-3H3. The van der Waals surface area contributed by atoms with Crippen molar-refractivity contribution >= 4 is 21.8 Å². The summed E-state index contributed by atoms with van der Waals surface area (Å²) in [4.78, 5) is 4.85. The average molecular weight is 465 g/mol. The molecule has 1 aromatic heterocycles. The van der Waals surface area contributed by atoms with E-state index in [9.17, 15) is 0 Å². The molecule has 0 aliphatic heterocycles. The topological polar surface area (TPSA) is 36.3 Å². The summed E-state index contributed by atoms with van der Waals surface area (Å²) >= 11 is 0. The summed E-state index contributed by atoms with van der Waals surface area (Å²) in [7, 11) is 0. The number of nitrogens with zero attached hydrogens (tertiary/aromatic N) is 2. The minimum absolute atomic E-state index is 0.126. The molecule has 0 radical (unpaired) electrons. The fourth-order valence-electron chi connectivity index (χ4n) is 4.35. The maximum atomic E-state index is 6.13. The highest BCUT2D eigenvalue weighted by Crippen LogP contribution is 2.25. The lowest BCUT2D eigenvalue weighted by Gasteiger charge is -2.19. The number of aromatic nitrogens is 2. The SMILES string of the molecule is CC(C)(C)c1ccc(OCc2nc3ccccc3n2CCCOc2ccc3ccccc3c2)cc1. The third-order valence-corrected chi connectivity index (χ3v) is 6.34. The largest absolute Gasteiger partial charge is 0.494 e. The van der Waals surface area contributed by atoms with Crippen LogP contribution < -0.4 is 9.47 Å². The lowest BCUT2D eigenvalue weighted by molar-refractivity contribution is 0.280. The third-order valence-electron chi connectivity index (χ3n) is 6.34. The molecule has 1 heterocycles. The van der Waals surface area contributed by atoms with Gasteiger partial charge in [0.2, 0.25) is 0 Å². The van der Waals surface area contributed by atoms with Gasteiger partial charge < -0.3 is 14.0 Å². The second-order valence-corrected chi connectivity index (χ2v) is 9.94. The maximum Gasteiger partial charge on any atom is 0.147 e. The predicted octanol–water partition coefficient (Wildman–Crippen LogP) is 7.54. The Morgan fingerprint density at radius 1 is 0.743 bits per heavy atom. The van der Waals surface area contributed by atoms with Gasteiger partial charge in [-0.05, 0) is 64.6 Å². The van der Waals surface area contributed by atoms with Crippen molar-refractivity contribution in [3.05, 3.63) is 102 Å². The van der Waals surface area contributed by atoms with Crippen LogP contribution in [0.1, 0.15) is 38.6 Å².